The molecule has 7 nitrogen and oxygen atoms in total. The predicted molar refractivity (Wildman–Crippen MR) is 161 cm³/mol. The van der Waals surface area contributed by atoms with Crippen molar-refractivity contribution in [2.24, 2.45) is 0 Å². The van der Waals surface area contributed by atoms with E-state index in [1.807, 2.05) is 24.3 Å². The summed E-state index contributed by atoms with van der Waals surface area (Å²) in [6.45, 7) is 0. The fraction of sp³-hybridized carbons (Fsp3) is 0.0645. The normalized spacial score (nSPS) is 11.1. The van der Waals surface area contributed by atoms with Gasteiger partial charge in [0.25, 0.3) is 0 Å². The van der Waals surface area contributed by atoms with Gasteiger partial charge in [-0.05, 0) is 72.8 Å². The van der Waals surface area contributed by atoms with E-state index in [9.17, 15) is 13.6 Å². The Labute approximate surface area is 248 Å². The smallest absolute Gasteiger partial charge is 0.166 e. The molecule has 208 valence electrons. The number of Topliss-reactive ketones (excluding diaryl/α,β-unsaturated/α-hetero) is 1. The quantitative estimate of drug-likeness (QED) is 0.160. The molecule has 2 N–H and O–H groups in total. The number of hydrogen-bond donors (Lipinski definition) is 2. The van der Waals surface area contributed by atoms with Gasteiger partial charge < -0.3 is 9.97 Å². The maximum absolute atomic E-state index is 13.5. The molecule has 42 heavy (non-hydrogen) atoms. The highest BCUT2D eigenvalue weighted by molar-refractivity contribution is 8.01. The molecule has 0 atom stereocenters. The third-order valence-electron chi connectivity index (χ3n) is 6.28. The number of nitrogens with one attached hydrogen (secondary N) is 2. The zero-order chi connectivity index (χ0) is 28.9. The van der Waals surface area contributed by atoms with Crippen LogP contribution in [0.2, 0.25) is 0 Å². The van der Waals surface area contributed by atoms with Gasteiger partial charge in [0, 0.05) is 47.0 Å². The Morgan fingerprint density at radius 2 is 0.952 bits per heavy atom. The number of benzene rings is 2. The molecule has 4 aromatic heterocycles. The number of thioether (sulfide) groups is 2. The molecule has 0 saturated carbocycles. The first-order chi connectivity index (χ1) is 20.5. The van der Waals surface area contributed by atoms with Crippen LogP contribution >= 0.6 is 23.5 Å². The molecule has 0 aliphatic heterocycles. The summed E-state index contributed by atoms with van der Waals surface area (Å²) < 4.78 is 27.1. The van der Waals surface area contributed by atoms with Gasteiger partial charge in [-0.3, -0.25) is 14.8 Å². The summed E-state index contributed by atoms with van der Waals surface area (Å²) in [5.41, 5.74) is 6.13. The third-order valence-corrected chi connectivity index (χ3v) is 8.14. The highest BCUT2D eigenvalue weighted by Crippen LogP contribution is 2.34. The van der Waals surface area contributed by atoms with E-state index in [0.29, 0.717) is 21.7 Å². The Kier molecular flexibility index (Phi) is 8.20. The van der Waals surface area contributed by atoms with Crippen LogP contribution in [-0.4, -0.2) is 47.2 Å². The standard InChI is InChI=1S/C31H22F2N6OS2/c32-23-5-1-19(2-6-23)26-28(21-9-13-34-14-10-21)38-30(36-26)41-17-25(40)18-42-31-37-27(20-3-7-24(33)8-4-20)29(39-31)22-11-15-35-16-12-22/h1-16H,17-18H2,(H,36,38)(H,37,39). The summed E-state index contributed by atoms with van der Waals surface area (Å²) >= 11 is 2.60. The molecule has 0 aliphatic rings. The van der Waals surface area contributed by atoms with Crippen molar-refractivity contribution in [1.29, 1.82) is 0 Å². The molecule has 11 heteroatoms. The zero-order valence-corrected chi connectivity index (χ0v) is 23.6. The fourth-order valence-electron chi connectivity index (χ4n) is 4.27. The van der Waals surface area contributed by atoms with Crippen molar-refractivity contribution < 1.29 is 13.6 Å². The van der Waals surface area contributed by atoms with E-state index in [1.165, 1.54) is 47.8 Å². The molecule has 0 spiro atoms. The molecule has 0 radical (unpaired) electrons. The van der Waals surface area contributed by atoms with Gasteiger partial charge in [0.15, 0.2) is 16.1 Å². The van der Waals surface area contributed by atoms with Crippen molar-refractivity contribution in [2.75, 3.05) is 11.5 Å². The SMILES string of the molecule is O=C(CSc1nc(-c2ccc(F)cc2)c(-c2ccncc2)[nH]1)CSc1nc(-c2ccc(F)cc2)c(-c2ccncc2)[nH]1. The highest BCUT2D eigenvalue weighted by Gasteiger charge is 2.18. The van der Waals surface area contributed by atoms with Gasteiger partial charge in [-0.15, -0.1) is 0 Å². The van der Waals surface area contributed by atoms with Crippen LogP contribution in [-0.2, 0) is 4.79 Å². The third kappa shape index (κ3) is 6.32. The van der Waals surface area contributed by atoms with Gasteiger partial charge in [-0.2, -0.15) is 0 Å². The molecule has 0 bridgehead atoms. The number of nitrogens with zero attached hydrogens (tertiary/aromatic N) is 4. The Hall–Kier alpha value is -4.61. The molecule has 0 saturated heterocycles. The molecule has 6 rings (SSSR count). The van der Waals surface area contributed by atoms with Gasteiger partial charge in [0.1, 0.15) is 11.6 Å². The maximum atomic E-state index is 13.5. The summed E-state index contributed by atoms with van der Waals surface area (Å²) in [6.07, 6.45) is 6.76. The molecule has 4 heterocycles. The number of H-pyrrole nitrogens is 2. The average molecular weight is 597 g/mol. The lowest BCUT2D eigenvalue weighted by atomic mass is 10.1. The number of rotatable bonds is 10. The minimum absolute atomic E-state index is 0.000358. The molecule has 6 aromatic rings. The number of carbonyl (C=O) groups excluding carboxylic acids is 1. The molecule has 0 fully saturated rings. The first-order valence-corrected chi connectivity index (χ1v) is 14.8. The number of pyridine rings is 2. The first kappa shape index (κ1) is 27.6. The monoisotopic (exact) mass is 596 g/mol. The van der Waals surface area contributed by atoms with Crippen LogP contribution in [0.15, 0.2) is 108 Å². The summed E-state index contributed by atoms with van der Waals surface area (Å²) in [6, 6.07) is 19.7. The Morgan fingerprint density at radius 1 is 0.571 bits per heavy atom. The largest absolute Gasteiger partial charge is 0.332 e. The number of carbonyl (C=O) groups is 1. The number of aromatic nitrogens is 6. The van der Waals surface area contributed by atoms with Crippen LogP contribution in [0.1, 0.15) is 0 Å². The Bertz CT molecular complexity index is 1680. The maximum Gasteiger partial charge on any atom is 0.166 e. The van der Waals surface area contributed by atoms with Crippen molar-refractivity contribution in [2.45, 2.75) is 10.3 Å². The van der Waals surface area contributed by atoms with Crippen LogP contribution in [0, 0.1) is 11.6 Å². The van der Waals surface area contributed by atoms with Crippen molar-refractivity contribution in [3.05, 3.63) is 109 Å². The molecule has 0 unspecified atom stereocenters. The minimum atomic E-state index is -0.327. The lowest BCUT2D eigenvalue weighted by Crippen LogP contribution is -2.05. The van der Waals surface area contributed by atoms with E-state index in [2.05, 4.69) is 19.9 Å². The Balaban J connectivity index is 1.16. The summed E-state index contributed by atoms with van der Waals surface area (Å²) in [4.78, 5) is 37.1. The van der Waals surface area contributed by atoms with E-state index >= 15 is 0 Å². The lowest BCUT2D eigenvalue weighted by molar-refractivity contribution is -0.114. The molecular weight excluding hydrogens is 575 g/mol. The van der Waals surface area contributed by atoms with Crippen LogP contribution in [0.3, 0.4) is 0 Å². The van der Waals surface area contributed by atoms with E-state index < -0.39 is 0 Å². The van der Waals surface area contributed by atoms with Crippen molar-refractivity contribution in [1.82, 2.24) is 29.9 Å². The summed E-state index contributed by atoms with van der Waals surface area (Å²) in [5.74, 6) is -0.261. The second-order valence-electron chi connectivity index (χ2n) is 9.13. The van der Waals surface area contributed by atoms with Gasteiger partial charge in [-0.1, -0.05) is 23.5 Å². The Morgan fingerprint density at radius 3 is 1.33 bits per heavy atom. The van der Waals surface area contributed by atoms with Crippen LogP contribution < -0.4 is 0 Å². The van der Waals surface area contributed by atoms with Crippen LogP contribution in [0.4, 0.5) is 8.78 Å². The fourth-order valence-corrected chi connectivity index (χ4v) is 5.86. The summed E-state index contributed by atoms with van der Waals surface area (Å²) in [7, 11) is 0. The van der Waals surface area contributed by atoms with Crippen LogP contribution in [0.25, 0.3) is 45.0 Å². The number of halogens is 2. The second-order valence-corrected chi connectivity index (χ2v) is 11.1. The lowest BCUT2D eigenvalue weighted by Gasteiger charge is -2.02. The van der Waals surface area contributed by atoms with Gasteiger partial charge >= 0.3 is 0 Å². The molecular formula is C31H22F2N6OS2. The van der Waals surface area contributed by atoms with E-state index in [4.69, 9.17) is 9.97 Å². The van der Waals surface area contributed by atoms with Crippen molar-refractivity contribution >= 4 is 29.3 Å². The van der Waals surface area contributed by atoms with Crippen molar-refractivity contribution in [3.63, 3.8) is 0 Å². The number of aromatic amines is 2. The average Bonchev–Trinajstić information content (AvgIpc) is 3.66. The topological polar surface area (TPSA) is 100 Å². The van der Waals surface area contributed by atoms with E-state index in [1.54, 1.807) is 49.1 Å². The van der Waals surface area contributed by atoms with E-state index in [-0.39, 0.29) is 28.9 Å². The zero-order valence-electron chi connectivity index (χ0n) is 21.9. The first-order valence-electron chi connectivity index (χ1n) is 12.8. The number of ketones is 1. The molecule has 2 aromatic carbocycles. The van der Waals surface area contributed by atoms with Gasteiger partial charge in [0.05, 0.1) is 34.3 Å². The summed E-state index contributed by atoms with van der Waals surface area (Å²) in [5, 5.41) is 1.16. The van der Waals surface area contributed by atoms with Gasteiger partial charge in [0.2, 0.25) is 0 Å². The molecule has 0 aliphatic carbocycles. The van der Waals surface area contributed by atoms with Crippen LogP contribution in [0.5, 0.6) is 0 Å². The number of imidazole rings is 2. The minimum Gasteiger partial charge on any atom is -0.332 e. The van der Waals surface area contributed by atoms with Gasteiger partial charge in [-0.25, -0.2) is 18.7 Å². The van der Waals surface area contributed by atoms with Crippen molar-refractivity contribution in [3.8, 4) is 45.0 Å². The second kappa shape index (κ2) is 12.5. The van der Waals surface area contributed by atoms with E-state index in [0.717, 1.165) is 33.6 Å². The molecule has 0 amide bonds. The number of hydrogen-bond acceptors (Lipinski definition) is 7. The highest BCUT2D eigenvalue weighted by atomic mass is 32.2. The predicted octanol–water partition coefficient (Wildman–Crippen LogP) is 7.32.